The molecule has 0 saturated heterocycles. The molecule has 4 bridgehead atoms. The van der Waals surface area contributed by atoms with Gasteiger partial charge < -0.3 is 5.11 Å². The van der Waals surface area contributed by atoms with Crippen molar-refractivity contribution in [2.45, 2.75) is 39.5 Å². The van der Waals surface area contributed by atoms with Gasteiger partial charge in [-0.2, -0.15) is 0 Å². The lowest BCUT2D eigenvalue weighted by Crippen LogP contribution is -2.39. The second-order valence-corrected chi connectivity index (χ2v) is 7.69. The Kier molecular flexibility index (Phi) is 2.21. The van der Waals surface area contributed by atoms with Crippen molar-refractivity contribution in [1.82, 2.24) is 0 Å². The number of aliphatic carboxylic acids is 1. The van der Waals surface area contributed by atoms with Crippen LogP contribution in [0.25, 0.3) is 0 Å². The first-order chi connectivity index (χ1) is 8.58. The van der Waals surface area contributed by atoms with Gasteiger partial charge in [0.1, 0.15) is 0 Å². The summed E-state index contributed by atoms with van der Waals surface area (Å²) in [6, 6.07) is 0. The normalized spacial score (nSPS) is 60.2. The predicted octanol–water partition coefficient (Wildman–Crippen LogP) is 3.27. The molecule has 9 atom stereocenters. The van der Waals surface area contributed by atoms with E-state index in [2.05, 4.69) is 13.8 Å². The maximum absolute atomic E-state index is 11.0. The Morgan fingerprint density at radius 3 is 2.33 bits per heavy atom. The Bertz CT molecular complexity index is 391. The van der Waals surface area contributed by atoms with Crippen molar-refractivity contribution in [1.29, 1.82) is 0 Å². The molecule has 1 N–H and O–H groups in total. The lowest BCUT2D eigenvalue weighted by atomic mass is 9.62. The van der Waals surface area contributed by atoms with Crippen LogP contribution in [0.2, 0.25) is 0 Å². The predicted molar refractivity (Wildman–Crippen MR) is 68.9 cm³/mol. The van der Waals surface area contributed by atoms with Crippen LogP contribution in [0.3, 0.4) is 0 Å². The minimum absolute atomic E-state index is 0.436. The van der Waals surface area contributed by atoms with E-state index in [-0.39, 0.29) is 0 Å². The molecule has 18 heavy (non-hydrogen) atoms. The smallest absolute Gasteiger partial charge is 0.303 e. The molecule has 0 radical (unpaired) electrons. The molecule has 2 nitrogen and oxygen atoms in total. The molecule has 4 rings (SSSR count). The van der Waals surface area contributed by atoms with Crippen molar-refractivity contribution in [2.24, 2.45) is 53.3 Å². The zero-order valence-electron chi connectivity index (χ0n) is 11.4. The molecule has 0 aromatic carbocycles. The van der Waals surface area contributed by atoms with Crippen molar-refractivity contribution in [3.8, 4) is 0 Å². The molecule has 4 fully saturated rings. The lowest BCUT2D eigenvalue weighted by molar-refractivity contribution is -0.139. The zero-order valence-corrected chi connectivity index (χ0v) is 11.4. The standard InChI is InChI=1S/C16H24O2/c1-7-8(2)12-6-11(7)15-10-3-9(5-14(17)18)13(4-10)16(12)15/h7-13,15-16H,3-6H2,1-2H3,(H,17,18). The van der Waals surface area contributed by atoms with Crippen molar-refractivity contribution >= 4 is 5.97 Å². The fourth-order valence-corrected chi connectivity index (χ4v) is 6.82. The molecular weight excluding hydrogens is 224 g/mol. The lowest BCUT2D eigenvalue weighted by Gasteiger charge is -2.43. The highest BCUT2D eigenvalue weighted by molar-refractivity contribution is 5.67. The van der Waals surface area contributed by atoms with Crippen LogP contribution in [0.1, 0.15) is 39.5 Å². The molecule has 0 spiro atoms. The molecule has 4 saturated carbocycles. The number of carboxylic acids is 1. The van der Waals surface area contributed by atoms with Crippen molar-refractivity contribution < 1.29 is 9.90 Å². The van der Waals surface area contributed by atoms with Gasteiger partial charge in [-0.05, 0) is 72.5 Å². The van der Waals surface area contributed by atoms with Crippen LogP contribution in [0.15, 0.2) is 0 Å². The average molecular weight is 248 g/mol. The van der Waals surface area contributed by atoms with Gasteiger partial charge in [-0.15, -0.1) is 0 Å². The number of hydrogen-bond acceptors (Lipinski definition) is 1. The third-order valence-corrected chi connectivity index (χ3v) is 7.42. The Morgan fingerprint density at radius 2 is 1.67 bits per heavy atom. The minimum atomic E-state index is -0.575. The summed E-state index contributed by atoms with van der Waals surface area (Å²) in [4.78, 5) is 11.0. The van der Waals surface area contributed by atoms with Gasteiger partial charge in [0.15, 0.2) is 0 Å². The van der Waals surface area contributed by atoms with E-state index in [1.807, 2.05) is 0 Å². The maximum atomic E-state index is 11.0. The first kappa shape index (κ1) is 11.3. The Labute approximate surface area is 109 Å². The van der Waals surface area contributed by atoms with E-state index in [9.17, 15) is 4.79 Å². The minimum Gasteiger partial charge on any atom is -0.481 e. The Morgan fingerprint density at radius 1 is 1.00 bits per heavy atom. The fraction of sp³-hybridized carbons (Fsp3) is 0.938. The van der Waals surface area contributed by atoms with Crippen LogP contribution >= 0.6 is 0 Å². The second kappa shape index (κ2) is 3.52. The van der Waals surface area contributed by atoms with Gasteiger partial charge in [-0.25, -0.2) is 0 Å². The SMILES string of the molecule is CC1C(C)C2CC1C1C3CC(CC(=O)O)C(C3)C21. The summed E-state index contributed by atoms with van der Waals surface area (Å²) in [7, 11) is 0. The van der Waals surface area contributed by atoms with Crippen LogP contribution in [0.5, 0.6) is 0 Å². The van der Waals surface area contributed by atoms with E-state index < -0.39 is 5.97 Å². The summed E-state index contributed by atoms with van der Waals surface area (Å²) in [6.07, 6.45) is 4.48. The molecule has 2 heteroatoms. The van der Waals surface area contributed by atoms with E-state index in [0.29, 0.717) is 12.3 Å². The molecule has 0 heterocycles. The van der Waals surface area contributed by atoms with Gasteiger partial charge in [0.2, 0.25) is 0 Å². The van der Waals surface area contributed by atoms with Gasteiger partial charge in [0.05, 0.1) is 0 Å². The Balaban J connectivity index is 1.60. The zero-order chi connectivity index (χ0) is 12.6. The molecule has 0 aromatic heterocycles. The van der Waals surface area contributed by atoms with E-state index in [1.165, 1.54) is 19.3 Å². The van der Waals surface area contributed by atoms with E-state index >= 15 is 0 Å². The van der Waals surface area contributed by atoms with Crippen molar-refractivity contribution in [3.63, 3.8) is 0 Å². The average Bonchev–Trinajstić information content (AvgIpc) is 2.97. The van der Waals surface area contributed by atoms with E-state index in [1.54, 1.807) is 0 Å². The van der Waals surface area contributed by atoms with E-state index in [0.717, 1.165) is 47.3 Å². The topological polar surface area (TPSA) is 37.3 Å². The molecule has 0 aromatic rings. The van der Waals surface area contributed by atoms with Crippen molar-refractivity contribution in [3.05, 3.63) is 0 Å². The highest BCUT2D eigenvalue weighted by Gasteiger charge is 2.65. The number of carbonyl (C=O) groups is 1. The third-order valence-electron chi connectivity index (χ3n) is 7.42. The maximum Gasteiger partial charge on any atom is 0.303 e. The van der Waals surface area contributed by atoms with Crippen LogP contribution < -0.4 is 0 Å². The molecule has 0 aliphatic heterocycles. The molecule has 0 amide bonds. The van der Waals surface area contributed by atoms with Crippen LogP contribution in [-0.2, 0) is 4.79 Å². The highest BCUT2D eigenvalue weighted by Crippen LogP contribution is 2.71. The first-order valence-electron chi connectivity index (χ1n) is 7.79. The first-order valence-corrected chi connectivity index (χ1v) is 7.79. The Hall–Kier alpha value is -0.530. The summed E-state index contributed by atoms with van der Waals surface area (Å²) < 4.78 is 0. The molecule has 100 valence electrons. The van der Waals surface area contributed by atoms with Crippen LogP contribution in [0, 0.1) is 53.3 Å². The van der Waals surface area contributed by atoms with Gasteiger partial charge in [-0.3, -0.25) is 4.79 Å². The quantitative estimate of drug-likeness (QED) is 0.761. The molecule has 4 aliphatic carbocycles. The highest BCUT2D eigenvalue weighted by atomic mass is 16.4. The number of rotatable bonds is 2. The monoisotopic (exact) mass is 248 g/mol. The summed E-state index contributed by atoms with van der Waals surface area (Å²) in [5.74, 6) is 7.20. The summed E-state index contributed by atoms with van der Waals surface area (Å²) in [5, 5.41) is 9.07. The molecular formula is C16H24O2. The van der Waals surface area contributed by atoms with Gasteiger partial charge in [-0.1, -0.05) is 13.8 Å². The van der Waals surface area contributed by atoms with Crippen molar-refractivity contribution in [2.75, 3.05) is 0 Å². The van der Waals surface area contributed by atoms with E-state index in [4.69, 9.17) is 5.11 Å². The third kappa shape index (κ3) is 1.22. The summed E-state index contributed by atoms with van der Waals surface area (Å²) in [6.45, 7) is 4.91. The van der Waals surface area contributed by atoms with Gasteiger partial charge in [0, 0.05) is 6.42 Å². The summed E-state index contributed by atoms with van der Waals surface area (Å²) >= 11 is 0. The molecule has 9 unspecified atom stereocenters. The number of carboxylic acid groups (broad SMARTS) is 1. The number of fused-ring (bicyclic) bond motifs is 9. The summed E-state index contributed by atoms with van der Waals surface area (Å²) in [5.41, 5.74) is 0. The largest absolute Gasteiger partial charge is 0.481 e. The second-order valence-electron chi connectivity index (χ2n) is 7.69. The number of hydrogen-bond donors (Lipinski definition) is 1. The van der Waals surface area contributed by atoms with Gasteiger partial charge in [0.25, 0.3) is 0 Å². The van der Waals surface area contributed by atoms with Crippen LogP contribution in [-0.4, -0.2) is 11.1 Å². The fourth-order valence-electron chi connectivity index (χ4n) is 6.82. The van der Waals surface area contributed by atoms with Gasteiger partial charge >= 0.3 is 5.97 Å². The molecule has 4 aliphatic rings. The van der Waals surface area contributed by atoms with Crippen LogP contribution in [0.4, 0.5) is 0 Å².